The molecule has 1 heterocycles. The van der Waals surface area contributed by atoms with Gasteiger partial charge in [-0.25, -0.2) is 13.8 Å². The van der Waals surface area contributed by atoms with Gasteiger partial charge in [0.25, 0.3) is 5.91 Å². The molecule has 1 aliphatic heterocycles. The van der Waals surface area contributed by atoms with E-state index >= 15 is 0 Å². The van der Waals surface area contributed by atoms with Crippen LogP contribution in [0.4, 0.5) is 20.2 Å². The van der Waals surface area contributed by atoms with E-state index in [1.165, 1.54) is 61.7 Å². The van der Waals surface area contributed by atoms with Gasteiger partial charge in [0, 0.05) is 36.0 Å². The zero-order chi connectivity index (χ0) is 25.2. The van der Waals surface area contributed by atoms with Gasteiger partial charge in [0.15, 0.2) is 17.3 Å². The zero-order valence-electron chi connectivity index (χ0n) is 18.5. The molecule has 0 fully saturated rings. The number of nitrogens with zero attached hydrogens (tertiary/aromatic N) is 2. The SMILES string of the molecule is C/C(=C\C=N/N(C=O)c1ccc(F)cc1)C(=O)Nc1ccc(OC2=CC=CN/C2=C\C=N)c(F)c1. The minimum Gasteiger partial charge on any atom is -0.452 e. The number of anilines is 2. The number of allylic oxidation sites excluding steroid dienone is 4. The van der Waals surface area contributed by atoms with Gasteiger partial charge in [0.05, 0.1) is 11.4 Å². The van der Waals surface area contributed by atoms with Gasteiger partial charge in [-0.15, -0.1) is 0 Å². The summed E-state index contributed by atoms with van der Waals surface area (Å²) in [4.78, 5) is 23.6. The molecule has 3 N–H and O–H groups in total. The molecule has 0 aliphatic carbocycles. The first kappa shape index (κ1) is 24.8. The van der Waals surface area contributed by atoms with Crippen LogP contribution >= 0.6 is 0 Å². The molecule has 0 spiro atoms. The topological polar surface area (TPSA) is 107 Å². The summed E-state index contributed by atoms with van der Waals surface area (Å²) in [5.74, 6) is -1.39. The molecule has 2 aromatic carbocycles. The van der Waals surface area contributed by atoms with E-state index in [2.05, 4.69) is 15.7 Å². The highest BCUT2D eigenvalue weighted by molar-refractivity contribution is 6.05. The molecular weight excluding hydrogens is 456 g/mol. The summed E-state index contributed by atoms with van der Waals surface area (Å²) >= 11 is 0. The van der Waals surface area contributed by atoms with Crippen LogP contribution in [0.5, 0.6) is 5.75 Å². The highest BCUT2D eigenvalue weighted by atomic mass is 19.1. The average Bonchev–Trinajstić information content (AvgIpc) is 2.85. The van der Waals surface area contributed by atoms with Crippen LogP contribution in [-0.2, 0) is 9.59 Å². The molecular formula is C25H21F2N5O3. The first-order chi connectivity index (χ1) is 16.9. The minimum atomic E-state index is -0.698. The van der Waals surface area contributed by atoms with Crippen molar-refractivity contribution >= 4 is 36.1 Å². The van der Waals surface area contributed by atoms with E-state index in [0.29, 0.717) is 23.6 Å². The monoisotopic (exact) mass is 477 g/mol. The summed E-state index contributed by atoms with van der Waals surface area (Å²) in [7, 11) is 0. The number of amides is 2. The van der Waals surface area contributed by atoms with Crippen LogP contribution in [0.2, 0.25) is 0 Å². The number of nitrogens with one attached hydrogen (secondary N) is 3. The van der Waals surface area contributed by atoms with E-state index in [4.69, 9.17) is 10.1 Å². The van der Waals surface area contributed by atoms with Crippen molar-refractivity contribution in [1.29, 1.82) is 5.41 Å². The van der Waals surface area contributed by atoms with Crippen molar-refractivity contribution in [2.75, 3.05) is 10.3 Å². The van der Waals surface area contributed by atoms with Crippen LogP contribution in [0.15, 0.2) is 95.1 Å². The molecule has 178 valence electrons. The largest absolute Gasteiger partial charge is 0.452 e. The molecule has 3 rings (SSSR count). The first-order valence-corrected chi connectivity index (χ1v) is 10.3. The Hall–Kier alpha value is -4.86. The van der Waals surface area contributed by atoms with Gasteiger partial charge in [-0.1, -0.05) is 0 Å². The van der Waals surface area contributed by atoms with E-state index in [0.717, 1.165) is 17.3 Å². The third-order valence-electron chi connectivity index (χ3n) is 4.57. The molecule has 0 saturated heterocycles. The normalized spacial score (nSPS) is 14.3. The Morgan fingerprint density at radius 1 is 1.20 bits per heavy atom. The summed E-state index contributed by atoms with van der Waals surface area (Å²) in [5, 5.41) is 17.6. The van der Waals surface area contributed by atoms with Crippen LogP contribution in [0, 0.1) is 17.0 Å². The van der Waals surface area contributed by atoms with Crippen molar-refractivity contribution in [3.8, 4) is 5.75 Å². The fraction of sp³-hybridized carbons (Fsp3) is 0.0400. The minimum absolute atomic E-state index is 0.0589. The molecule has 10 heteroatoms. The number of rotatable bonds is 9. The lowest BCUT2D eigenvalue weighted by atomic mass is 10.2. The molecule has 0 bridgehead atoms. The standard InChI is InChI=1S/C25H21F2N5O3/c1-17(11-14-30-32(16-33)20-7-4-18(26)5-8-20)25(34)31-19-6-9-23(21(27)15-19)35-24-3-2-13-29-22(24)10-12-28/h2-16,28-29H,1H3,(H,31,34)/b17-11+,22-10-,28-12?,30-14-. The molecule has 0 unspecified atom stereocenters. The Balaban J connectivity index is 1.64. The predicted octanol–water partition coefficient (Wildman–Crippen LogP) is 4.41. The molecule has 2 aromatic rings. The molecule has 0 aromatic heterocycles. The number of carbonyl (C=O) groups is 2. The Labute approximate surface area is 200 Å². The number of hydrogen-bond donors (Lipinski definition) is 3. The third-order valence-corrected chi connectivity index (χ3v) is 4.57. The van der Waals surface area contributed by atoms with Crippen LogP contribution in [0.25, 0.3) is 0 Å². The first-order valence-electron chi connectivity index (χ1n) is 10.3. The maximum absolute atomic E-state index is 14.6. The van der Waals surface area contributed by atoms with Crippen LogP contribution < -0.4 is 20.4 Å². The van der Waals surface area contributed by atoms with Crippen molar-refractivity contribution in [2.24, 2.45) is 5.10 Å². The second-order valence-corrected chi connectivity index (χ2v) is 7.02. The maximum Gasteiger partial charge on any atom is 0.251 e. The van der Waals surface area contributed by atoms with Crippen LogP contribution in [0.3, 0.4) is 0 Å². The fourth-order valence-corrected chi connectivity index (χ4v) is 2.79. The van der Waals surface area contributed by atoms with Crippen LogP contribution in [0.1, 0.15) is 6.92 Å². The number of hydrazone groups is 1. The van der Waals surface area contributed by atoms with Gasteiger partial charge >= 0.3 is 0 Å². The fourth-order valence-electron chi connectivity index (χ4n) is 2.79. The average molecular weight is 477 g/mol. The van der Waals surface area contributed by atoms with E-state index < -0.39 is 17.5 Å². The Kier molecular flexibility index (Phi) is 8.38. The smallest absolute Gasteiger partial charge is 0.251 e. The van der Waals surface area contributed by atoms with Gasteiger partial charge in [0.1, 0.15) is 5.82 Å². The molecule has 0 radical (unpaired) electrons. The third kappa shape index (κ3) is 6.81. The molecule has 1 aliphatic rings. The summed E-state index contributed by atoms with van der Waals surface area (Å²) in [5.41, 5.74) is 1.29. The molecule has 0 atom stereocenters. The highest BCUT2D eigenvalue weighted by Crippen LogP contribution is 2.25. The lowest BCUT2D eigenvalue weighted by molar-refractivity contribution is -0.112. The summed E-state index contributed by atoms with van der Waals surface area (Å²) < 4.78 is 33.2. The van der Waals surface area contributed by atoms with Crippen molar-refractivity contribution in [1.82, 2.24) is 5.32 Å². The van der Waals surface area contributed by atoms with Crippen molar-refractivity contribution in [2.45, 2.75) is 6.92 Å². The van der Waals surface area contributed by atoms with Gasteiger partial charge in [-0.05, 0) is 67.6 Å². The Morgan fingerprint density at radius 3 is 2.66 bits per heavy atom. The number of carbonyl (C=O) groups excluding carboxylic acids is 2. The Morgan fingerprint density at radius 2 is 1.97 bits per heavy atom. The van der Waals surface area contributed by atoms with E-state index in [1.807, 2.05) is 0 Å². The van der Waals surface area contributed by atoms with Gasteiger partial charge in [0.2, 0.25) is 6.41 Å². The number of halogens is 2. The lowest BCUT2D eigenvalue weighted by Gasteiger charge is -2.16. The number of dihydropyridines is 1. The van der Waals surface area contributed by atoms with E-state index in [1.54, 1.807) is 18.4 Å². The van der Waals surface area contributed by atoms with E-state index in [-0.39, 0.29) is 17.0 Å². The predicted molar refractivity (Wildman–Crippen MR) is 130 cm³/mol. The molecule has 2 amide bonds. The van der Waals surface area contributed by atoms with Crippen molar-refractivity contribution in [3.05, 3.63) is 102 Å². The zero-order valence-corrected chi connectivity index (χ0v) is 18.5. The van der Waals surface area contributed by atoms with Crippen molar-refractivity contribution in [3.63, 3.8) is 0 Å². The van der Waals surface area contributed by atoms with Gasteiger partial charge < -0.3 is 20.8 Å². The van der Waals surface area contributed by atoms with Gasteiger partial charge in [-0.3, -0.25) is 9.59 Å². The number of hydrogen-bond acceptors (Lipinski definition) is 6. The van der Waals surface area contributed by atoms with E-state index in [9.17, 15) is 18.4 Å². The molecule has 35 heavy (non-hydrogen) atoms. The summed E-state index contributed by atoms with van der Waals surface area (Å²) in [6.45, 7) is 1.52. The molecule has 0 saturated carbocycles. The Bertz CT molecular complexity index is 1260. The van der Waals surface area contributed by atoms with Crippen molar-refractivity contribution < 1.29 is 23.1 Å². The second-order valence-electron chi connectivity index (χ2n) is 7.02. The second kappa shape index (κ2) is 11.8. The van der Waals surface area contributed by atoms with Gasteiger partial charge in [-0.2, -0.15) is 5.10 Å². The highest BCUT2D eigenvalue weighted by Gasteiger charge is 2.13. The lowest BCUT2D eigenvalue weighted by Crippen LogP contribution is -2.16. The summed E-state index contributed by atoms with van der Waals surface area (Å²) in [6.07, 6.45) is 10.5. The number of ether oxygens (including phenoxy) is 1. The maximum atomic E-state index is 14.6. The quantitative estimate of drug-likeness (QED) is 0.215. The summed E-state index contributed by atoms with van der Waals surface area (Å²) in [6, 6.07) is 9.12. The van der Waals surface area contributed by atoms with Crippen LogP contribution in [-0.4, -0.2) is 24.7 Å². The number of benzene rings is 2. The molecule has 8 nitrogen and oxygen atoms in total.